The van der Waals surface area contributed by atoms with Gasteiger partial charge in [0.25, 0.3) is 0 Å². The topological polar surface area (TPSA) is 57.6 Å². The van der Waals surface area contributed by atoms with E-state index in [1.165, 1.54) is 17.7 Å². The third kappa shape index (κ3) is 4.59. The van der Waals surface area contributed by atoms with E-state index in [1.807, 2.05) is 0 Å². The fraction of sp³-hybridized carbons (Fsp3) is 0.692. The first-order valence-corrected chi connectivity index (χ1v) is 6.26. The van der Waals surface area contributed by atoms with Crippen molar-refractivity contribution in [2.24, 2.45) is 5.92 Å². The standard InChI is InChI=1S/C13H21NO3/c1-2-9-14(10-12(15)16)13(17)11-7-5-3-4-6-8-11/h2,11H,1,3-10H2,(H,15,16). The molecule has 1 rings (SSSR count). The molecule has 0 spiro atoms. The number of rotatable bonds is 5. The molecule has 0 radical (unpaired) electrons. The number of amides is 1. The molecule has 0 aromatic carbocycles. The Bertz CT molecular complexity index is 280. The van der Waals surface area contributed by atoms with E-state index in [4.69, 9.17) is 5.11 Å². The molecule has 0 aliphatic heterocycles. The number of hydrogen-bond acceptors (Lipinski definition) is 2. The summed E-state index contributed by atoms with van der Waals surface area (Å²) in [5, 5.41) is 8.79. The number of aliphatic carboxylic acids is 1. The number of nitrogens with zero attached hydrogens (tertiary/aromatic N) is 1. The van der Waals surface area contributed by atoms with Crippen molar-refractivity contribution in [2.45, 2.75) is 38.5 Å². The van der Waals surface area contributed by atoms with Gasteiger partial charge in [0, 0.05) is 12.5 Å². The van der Waals surface area contributed by atoms with Crippen molar-refractivity contribution >= 4 is 11.9 Å². The minimum atomic E-state index is -0.964. The summed E-state index contributed by atoms with van der Waals surface area (Å²) in [5.41, 5.74) is 0. The summed E-state index contributed by atoms with van der Waals surface area (Å²) in [6.45, 7) is 3.67. The smallest absolute Gasteiger partial charge is 0.323 e. The Kier molecular flexibility index (Phi) is 5.73. The molecule has 4 nitrogen and oxygen atoms in total. The summed E-state index contributed by atoms with van der Waals surface area (Å²) in [6.07, 6.45) is 7.89. The zero-order chi connectivity index (χ0) is 12.7. The Morgan fingerprint density at radius 2 is 1.82 bits per heavy atom. The lowest BCUT2D eigenvalue weighted by atomic mass is 9.98. The first-order valence-electron chi connectivity index (χ1n) is 6.26. The summed E-state index contributed by atoms with van der Waals surface area (Å²) >= 11 is 0. The summed E-state index contributed by atoms with van der Waals surface area (Å²) in [7, 11) is 0. The zero-order valence-electron chi connectivity index (χ0n) is 10.2. The van der Waals surface area contributed by atoms with Gasteiger partial charge in [-0.15, -0.1) is 6.58 Å². The Morgan fingerprint density at radius 1 is 1.24 bits per heavy atom. The van der Waals surface area contributed by atoms with Crippen LogP contribution in [0.3, 0.4) is 0 Å². The maximum atomic E-state index is 12.2. The van der Waals surface area contributed by atoms with Gasteiger partial charge in [0.1, 0.15) is 6.54 Å². The second-order valence-corrected chi connectivity index (χ2v) is 4.59. The van der Waals surface area contributed by atoms with Crippen molar-refractivity contribution in [3.8, 4) is 0 Å². The van der Waals surface area contributed by atoms with Crippen LogP contribution >= 0.6 is 0 Å². The molecule has 0 bridgehead atoms. The first-order chi connectivity index (χ1) is 8.15. The second kappa shape index (κ2) is 7.09. The molecule has 1 fully saturated rings. The number of carboxylic acid groups (broad SMARTS) is 1. The van der Waals surface area contributed by atoms with E-state index < -0.39 is 5.97 Å². The van der Waals surface area contributed by atoms with E-state index in [1.54, 1.807) is 6.08 Å². The van der Waals surface area contributed by atoms with E-state index in [9.17, 15) is 9.59 Å². The van der Waals surface area contributed by atoms with Gasteiger partial charge in [0.2, 0.25) is 5.91 Å². The molecule has 0 unspecified atom stereocenters. The van der Waals surface area contributed by atoms with Crippen LogP contribution in [0.25, 0.3) is 0 Å². The molecule has 4 heteroatoms. The molecular formula is C13H21NO3. The van der Waals surface area contributed by atoms with Gasteiger partial charge in [-0.1, -0.05) is 31.8 Å². The fourth-order valence-corrected chi connectivity index (χ4v) is 2.34. The monoisotopic (exact) mass is 239 g/mol. The third-order valence-corrected chi connectivity index (χ3v) is 3.19. The van der Waals surface area contributed by atoms with Crippen LogP contribution in [0.4, 0.5) is 0 Å². The quantitative estimate of drug-likeness (QED) is 0.590. The third-order valence-electron chi connectivity index (χ3n) is 3.19. The van der Waals surface area contributed by atoms with Crippen LogP contribution in [0.5, 0.6) is 0 Å². The van der Waals surface area contributed by atoms with Crippen LogP contribution in [0.15, 0.2) is 12.7 Å². The fourth-order valence-electron chi connectivity index (χ4n) is 2.34. The maximum Gasteiger partial charge on any atom is 0.323 e. The molecule has 0 heterocycles. The van der Waals surface area contributed by atoms with Crippen LogP contribution < -0.4 is 0 Å². The first kappa shape index (κ1) is 13.7. The van der Waals surface area contributed by atoms with Crippen molar-refractivity contribution in [1.29, 1.82) is 0 Å². The molecule has 1 aliphatic rings. The predicted molar refractivity (Wildman–Crippen MR) is 65.6 cm³/mol. The number of hydrogen-bond donors (Lipinski definition) is 1. The van der Waals surface area contributed by atoms with Crippen LogP contribution in [-0.4, -0.2) is 35.0 Å². The lowest BCUT2D eigenvalue weighted by Crippen LogP contribution is -2.39. The van der Waals surface area contributed by atoms with Crippen LogP contribution in [-0.2, 0) is 9.59 Å². The number of carboxylic acids is 1. The highest BCUT2D eigenvalue weighted by Gasteiger charge is 2.25. The van der Waals surface area contributed by atoms with E-state index in [2.05, 4.69) is 6.58 Å². The highest BCUT2D eigenvalue weighted by molar-refractivity contribution is 5.83. The Balaban J connectivity index is 2.60. The molecule has 1 saturated carbocycles. The van der Waals surface area contributed by atoms with Gasteiger partial charge in [0.15, 0.2) is 0 Å². The normalized spacial score (nSPS) is 17.2. The molecule has 0 aromatic rings. The minimum absolute atomic E-state index is 0.0109. The minimum Gasteiger partial charge on any atom is -0.480 e. The van der Waals surface area contributed by atoms with Gasteiger partial charge < -0.3 is 10.0 Å². The van der Waals surface area contributed by atoms with Gasteiger partial charge in [-0.3, -0.25) is 9.59 Å². The molecule has 17 heavy (non-hydrogen) atoms. The molecule has 1 aliphatic carbocycles. The highest BCUT2D eigenvalue weighted by Crippen LogP contribution is 2.24. The SMILES string of the molecule is C=CCN(CC(=O)O)C(=O)C1CCCCCC1. The van der Waals surface area contributed by atoms with Gasteiger partial charge in [-0.2, -0.15) is 0 Å². The van der Waals surface area contributed by atoms with Crippen LogP contribution in [0.2, 0.25) is 0 Å². The average molecular weight is 239 g/mol. The van der Waals surface area contributed by atoms with E-state index >= 15 is 0 Å². The molecule has 0 aromatic heterocycles. The summed E-state index contributed by atoms with van der Waals surface area (Å²) in [5.74, 6) is -0.972. The van der Waals surface area contributed by atoms with Gasteiger partial charge in [-0.25, -0.2) is 0 Å². The summed E-state index contributed by atoms with van der Waals surface area (Å²) < 4.78 is 0. The number of carbonyl (C=O) groups is 2. The Labute approximate surface area is 102 Å². The van der Waals surface area contributed by atoms with Gasteiger partial charge in [0.05, 0.1) is 0 Å². The van der Waals surface area contributed by atoms with Crippen molar-refractivity contribution in [3.05, 3.63) is 12.7 Å². The van der Waals surface area contributed by atoms with Crippen molar-refractivity contribution in [1.82, 2.24) is 4.90 Å². The number of carbonyl (C=O) groups excluding carboxylic acids is 1. The van der Waals surface area contributed by atoms with Crippen molar-refractivity contribution < 1.29 is 14.7 Å². The van der Waals surface area contributed by atoms with Gasteiger partial charge >= 0.3 is 5.97 Å². The highest BCUT2D eigenvalue weighted by atomic mass is 16.4. The Hall–Kier alpha value is -1.32. The molecule has 96 valence electrons. The lowest BCUT2D eigenvalue weighted by molar-refractivity contribution is -0.146. The van der Waals surface area contributed by atoms with E-state index in [-0.39, 0.29) is 18.4 Å². The molecule has 1 N–H and O–H groups in total. The zero-order valence-corrected chi connectivity index (χ0v) is 10.2. The van der Waals surface area contributed by atoms with E-state index in [0.29, 0.717) is 6.54 Å². The van der Waals surface area contributed by atoms with Crippen LogP contribution in [0.1, 0.15) is 38.5 Å². The second-order valence-electron chi connectivity index (χ2n) is 4.59. The lowest BCUT2D eigenvalue weighted by Gasteiger charge is -2.24. The predicted octanol–water partition coefficient (Wildman–Crippen LogP) is 2.06. The molecule has 0 atom stereocenters. The molecule has 0 saturated heterocycles. The average Bonchev–Trinajstić information content (AvgIpc) is 2.55. The maximum absolute atomic E-state index is 12.2. The van der Waals surface area contributed by atoms with E-state index in [0.717, 1.165) is 25.7 Å². The summed E-state index contributed by atoms with van der Waals surface area (Å²) in [4.78, 5) is 24.3. The van der Waals surface area contributed by atoms with Gasteiger partial charge in [-0.05, 0) is 12.8 Å². The molecular weight excluding hydrogens is 218 g/mol. The Morgan fingerprint density at radius 3 is 2.29 bits per heavy atom. The molecule has 1 amide bonds. The van der Waals surface area contributed by atoms with Crippen molar-refractivity contribution in [2.75, 3.05) is 13.1 Å². The van der Waals surface area contributed by atoms with Crippen molar-refractivity contribution in [3.63, 3.8) is 0 Å². The van der Waals surface area contributed by atoms with Crippen LogP contribution in [0, 0.1) is 5.92 Å². The largest absolute Gasteiger partial charge is 0.480 e. The summed E-state index contributed by atoms with van der Waals surface area (Å²) in [6, 6.07) is 0.